The number of hydrogen-bond acceptors (Lipinski definition) is 3. The quantitative estimate of drug-likeness (QED) is 0.608. The van der Waals surface area contributed by atoms with E-state index in [1.807, 2.05) is 19.1 Å². The maximum atomic E-state index is 11.9. The monoisotopic (exact) mass is 254 g/mol. The van der Waals surface area contributed by atoms with Crippen molar-refractivity contribution in [3.8, 4) is 5.75 Å². The van der Waals surface area contributed by atoms with Gasteiger partial charge in [-0.15, -0.1) is 0 Å². The predicted molar refractivity (Wildman–Crippen MR) is 72.8 cm³/mol. The van der Waals surface area contributed by atoms with Crippen molar-refractivity contribution in [2.45, 2.75) is 6.92 Å². The summed E-state index contributed by atoms with van der Waals surface area (Å²) in [5.74, 6) is 0.432. The van der Waals surface area contributed by atoms with Gasteiger partial charge < -0.3 is 4.74 Å². The maximum Gasteiger partial charge on any atom is 0.200 e. The number of ketones is 1. The molecule has 3 heteroatoms. The first-order valence-corrected chi connectivity index (χ1v) is 5.97. The van der Waals surface area contributed by atoms with E-state index in [0.29, 0.717) is 16.9 Å². The molecule has 2 rings (SSSR count). The van der Waals surface area contributed by atoms with Gasteiger partial charge in [-0.3, -0.25) is 9.59 Å². The molecule has 19 heavy (non-hydrogen) atoms. The fourth-order valence-electron chi connectivity index (χ4n) is 1.65. The van der Waals surface area contributed by atoms with Gasteiger partial charge >= 0.3 is 0 Å². The van der Waals surface area contributed by atoms with Crippen molar-refractivity contribution in [1.82, 2.24) is 0 Å². The zero-order valence-electron chi connectivity index (χ0n) is 10.6. The summed E-state index contributed by atoms with van der Waals surface area (Å²) < 4.78 is 5.39. The van der Waals surface area contributed by atoms with Crippen LogP contribution in [0.2, 0.25) is 0 Å². The van der Waals surface area contributed by atoms with E-state index < -0.39 is 0 Å². The Morgan fingerprint density at radius 3 is 2.58 bits per heavy atom. The number of rotatable bonds is 5. The van der Waals surface area contributed by atoms with Gasteiger partial charge in [0.2, 0.25) is 0 Å². The molecule has 2 aromatic carbocycles. The van der Waals surface area contributed by atoms with Gasteiger partial charge in [-0.05, 0) is 19.1 Å². The molecule has 0 atom stereocenters. The number of benzene rings is 2. The standard InChI is InChI=1S/C16H14O3/c1-12-5-7-14(8-6-12)16(18)11-19-15-4-2-3-13(9-15)10-17/h2-10H,11H2,1H3. The van der Waals surface area contributed by atoms with E-state index in [1.54, 1.807) is 36.4 Å². The molecular weight excluding hydrogens is 240 g/mol. The van der Waals surface area contributed by atoms with E-state index in [0.717, 1.165) is 11.8 Å². The van der Waals surface area contributed by atoms with Gasteiger partial charge in [0.15, 0.2) is 12.4 Å². The summed E-state index contributed by atoms with van der Waals surface area (Å²) in [7, 11) is 0. The van der Waals surface area contributed by atoms with Crippen LogP contribution in [-0.4, -0.2) is 18.7 Å². The molecule has 0 radical (unpaired) electrons. The molecule has 0 amide bonds. The van der Waals surface area contributed by atoms with Crippen LogP contribution in [0.25, 0.3) is 0 Å². The molecule has 2 aromatic rings. The van der Waals surface area contributed by atoms with Gasteiger partial charge in [0, 0.05) is 11.1 Å². The first kappa shape index (κ1) is 13.0. The number of aldehydes is 1. The van der Waals surface area contributed by atoms with E-state index in [2.05, 4.69) is 0 Å². The number of Topliss-reactive ketones (excluding diaryl/α,β-unsaturated/α-hetero) is 1. The van der Waals surface area contributed by atoms with Crippen molar-refractivity contribution >= 4 is 12.1 Å². The molecule has 0 aromatic heterocycles. The maximum absolute atomic E-state index is 11.9. The zero-order chi connectivity index (χ0) is 13.7. The number of carbonyl (C=O) groups excluding carboxylic acids is 2. The number of ether oxygens (including phenoxy) is 1. The lowest BCUT2D eigenvalue weighted by atomic mass is 10.1. The van der Waals surface area contributed by atoms with Crippen molar-refractivity contribution in [2.75, 3.05) is 6.61 Å². The smallest absolute Gasteiger partial charge is 0.200 e. The average Bonchev–Trinajstić information content (AvgIpc) is 2.46. The Morgan fingerprint density at radius 2 is 1.89 bits per heavy atom. The van der Waals surface area contributed by atoms with Gasteiger partial charge in [-0.25, -0.2) is 0 Å². The average molecular weight is 254 g/mol. The third-order valence-electron chi connectivity index (χ3n) is 2.74. The zero-order valence-corrected chi connectivity index (χ0v) is 10.6. The summed E-state index contributed by atoms with van der Waals surface area (Å²) in [5.41, 5.74) is 2.26. The van der Waals surface area contributed by atoms with Crippen molar-refractivity contribution in [2.24, 2.45) is 0 Å². The first-order valence-electron chi connectivity index (χ1n) is 5.97. The van der Waals surface area contributed by atoms with Crippen molar-refractivity contribution in [3.05, 3.63) is 65.2 Å². The Kier molecular flexibility index (Phi) is 4.08. The van der Waals surface area contributed by atoms with Crippen LogP contribution in [0.1, 0.15) is 26.3 Å². The minimum Gasteiger partial charge on any atom is -0.485 e. The van der Waals surface area contributed by atoms with E-state index in [9.17, 15) is 9.59 Å². The molecule has 0 heterocycles. The lowest BCUT2D eigenvalue weighted by molar-refractivity contribution is 0.0921. The number of hydrogen-bond donors (Lipinski definition) is 0. The van der Waals surface area contributed by atoms with Gasteiger partial charge in [0.05, 0.1) is 0 Å². The highest BCUT2D eigenvalue weighted by molar-refractivity contribution is 5.97. The molecule has 0 aliphatic rings. The summed E-state index contributed by atoms with van der Waals surface area (Å²) in [5, 5.41) is 0. The SMILES string of the molecule is Cc1ccc(C(=O)COc2cccc(C=O)c2)cc1. The Hall–Kier alpha value is -2.42. The first-order chi connectivity index (χ1) is 9.19. The fraction of sp³-hybridized carbons (Fsp3) is 0.125. The lowest BCUT2D eigenvalue weighted by Crippen LogP contribution is -2.11. The lowest BCUT2D eigenvalue weighted by Gasteiger charge is -2.06. The molecule has 0 spiro atoms. The van der Waals surface area contributed by atoms with Crippen LogP contribution in [0.15, 0.2) is 48.5 Å². The highest BCUT2D eigenvalue weighted by Gasteiger charge is 2.06. The second-order valence-electron chi connectivity index (χ2n) is 4.27. The molecule has 0 saturated carbocycles. The molecule has 0 aliphatic heterocycles. The second-order valence-corrected chi connectivity index (χ2v) is 4.27. The number of aryl methyl sites for hydroxylation is 1. The van der Waals surface area contributed by atoms with Crippen LogP contribution < -0.4 is 4.74 Å². The van der Waals surface area contributed by atoms with Crippen molar-refractivity contribution in [1.29, 1.82) is 0 Å². The minimum atomic E-state index is -0.0866. The number of carbonyl (C=O) groups is 2. The Morgan fingerprint density at radius 1 is 1.16 bits per heavy atom. The Bertz CT molecular complexity index is 585. The molecule has 0 fully saturated rings. The summed E-state index contributed by atoms with van der Waals surface area (Å²) in [6.07, 6.45) is 0.745. The molecule has 0 unspecified atom stereocenters. The van der Waals surface area contributed by atoms with Crippen LogP contribution >= 0.6 is 0 Å². The van der Waals surface area contributed by atoms with Gasteiger partial charge in [-0.2, -0.15) is 0 Å². The Balaban J connectivity index is 2.00. The molecule has 96 valence electrons. The minimum absolute atomic E-state index is 0.0363. The van der Waals surface area contributed by atoms with Gasteiger partial charge in [0.25, 0.3) is 0 Å². The van der Waals surface area contributed by atoms with Crippen LogP contribution in [0.3, 0.4) is 0 Å². The third kappa shape index (κ3) is 3.52. The van der Waals surface area contributed by atoms with Gasteiger partial charge in [-0.1, -0.05) is 42.0 Å². The molecule has 0 saturated heterocycles. The molecule has 0 bridgehead atoms. The van der Waals surface area contributed by atoms with E-state index >= 15 is 0 Å². The van der Waals surface area contributed by atoms with Crippen LogP contribution in [0.5, 0.6) is 5.75 Å². The second kappa shape index (κ2) is 5.96. The van der Waals surface area contributed by atoms with Gasteiger partial charge in [0.1, 0.15) is 12.0 Å². The van der Waals surface area contributed by atoms with E-state index in [1.165, 1.54) is 0 Å². The fourth-order valence-corrected chi connectivity index (χ4v) is 1.65. The summed E-state index contributed by atoms with van der Waals surface area (Å²) in [6, 6.07) is 14.1. The normalized spacial score (nSPS) is 9.95. The Labute approximate surface area is 111 Å². The van der Waals surface area contributed by atoms with E-state index in [4.69, 9.17) is 4.74 Å². The third-order valence-corrected chi connectivity index (χ3v) is 2.74. The topological polar surface area (TPSA) is 43.4 Å². The molecule has 0 N–H and O–H groups in total. The van der Waals surface area contributed by atoms with Crippen LogP contribution in [-0.2, 0) is 0 Å². The van der Waals surface area contributed by atoms with Crippen LogP contribution in [0, 0.1) is 6.92 Å². The molecular formula is C16H14O3. The predicted octanol–water partition coefficient (Wildman–Crippen LogP) is 3.07. The largest absolute Gasteiger partial charge is 0.485 e. The van der Waals surface area contributed by atoms with E-state index in [-0.39, 0.29) is 12.4 Å². The van der Waals surface area contributed by atoms with Crippen LogP contribution in [0.4, 0.5) is 0 Å². The van der Waals surface area contributed by atoms with Crippen molar-refractivity contribution < 1.29 is 14.3 Å². The summed E-state index contributed by atoms with van der Waals surface area (Å²) >= 11 is 0. The molecule has 3 nitrogen and oxygen atoms in total. The molecule has 0 aliphatic carbocycles. The summed E-state index contributed by atoms with van der Waals surface area (Å²) in [4.78, 5) is 22.5. The summed E-state index contributed by atoms with van der Waals surface area (Å²) in [6.45, 7) is 1.93. The highest BCUT2D eigenvalue weighted by Crippen LogP contribution is 2.13. The highest BCUT2D eigenvalue weighted by atomic mass is 16.5. The van der Waals surface area contributed by atoms with Crippen molar-refractivity contribution in [3.63, 3.8) is 0 Å².